The van der Waals surface area contributed by atoms with Gasteiger partial charge < -0.3 is 10.2 Å². The summed E-state index contributed by atoms with van der Waals surface area (Å²) in [6.45, 7) is 5.81. The maximum absolute atomic E-state index is 10.6. The Kier molecular flexibility index (Phi) is 5.11. The molecule has 0 amide bonds. The molecule has 0 radical (unpaired) electrons. The summed E-state index contributed by atoms with van der Waals surface area (Å²) >= 11 is 6.06. The third kappa shape index (κ3) is 3.78. The minimum atomic E-state index is -0.497. The second kappa shape index (κ2) is 6.83. The zero-order valence-electron chi connectivity index (χ0n) is 11.4. The predicted molar refractivity (Wildman–Crippen MR) is 78.5 cm³/mol. The monoisotopic (exact) mass is 299 g/mol. The number of hydrogen-bond donors (Lipinski definition) is 1. The van der Waals surface area contributed by atoms with Gasteiger partial charge in [0.1, 0.15) is 12.0 Å². The highest BCUT2D eigenvalue weighted by molar-refractivity contribution is 6.33. The molecule has 8 heteroatoms. The van der Waals surface area contributed by atoms with Gasteiger partial charge >= 0.3 is 0 Å². The number of nitrogens with zero attached hydrogens (tertiary/aromatic N) is 4. The quantitative estimate of drug-likeness (QED) is 0.645. The Morgan fingerprint density at radius 1 is 1.55 bits per heavy atom. The van der Waals surface area contributed by atoms with Crippen molar-refractivity contribution in [1.29, 1.82) is 0 Å². The van der Waals surface area contributed by atoms with Crippen molar-refractivity contribution >= 4 is 23.1 Å². The van der Waals surface area contributed by atoms with Crippen LogP contribution in [0.15, 0.2) is 12.3 Å². The fraction of sp³-hybridized carbons (Fsp3) is 0.583. The largest absolute Gasteiger partial charge is 0.357 e. The molecule has 1 aliphatic rings. The summed E-state index contributed by atoms with van der Waals surface area (Å²) in [4.78, 5) is 18.5. The molecule has 7 nitrogen and oxygen atoms in total. The van der Waals surface area contributed by atoms with Crippen LogP contribution in [0.1, 0.15) is 0 Å². The first-order chi connectivity index (χ1) is 9.58. The first-order valence-electron chi connectivity index (χ1n) is 6.52. The van der Waals surface area contributed by atoms with Gasteiger partial charge in [-0.1, -0.05) is 11.6 Å². The van der Waals surface area contributed by atoms with E-state index >= 15 is 0 Å². The van der Waals surface area contributed by atoms with Crippen LogP contribution in [0, 0.1) is 10.1 Å². The Bertz CT molecular complexity index is 479. The third-order valence-electron chi connectivity index (χ3n) is 3.34. The van der Waals surface area contributed by atoms with E-state index in [1.165, 1.54) is 12.3 Å². The summed E-state index contributed by atoms with van der Waals surface area (Å²) in [5, 5.41) is 14.3. The van der Waals surface area contributed by atoms with Crippen molar-refractivity contribution < 1.29 is 4.92 Å². The summed E-state index contributed by atoms with van der Waals surface area (Å²) in [6, 6.07) is 1.34. The van der Waals surface area contributed by atoms with Crippen molar-refractivity contribution in [1.82, 2.24) is 15.2 Å². The molecule has 110 valence electrons. The lowest BCUT2D eigenvalue weighted by Gasteiger charge is -2.29. The summed E-state index contributed by atoms with van der Waals surface area (Å²) < 4.78 is 0. The summed E-state index contributed by atoms with van der Waals surface area (Å²) in [6.07, 6.45) is 1.24. The number of piperazine rings is 1. The van der Waals surface area contributed by atoms with E-state index in [9.17, 15) is 10.1 Å². The molecule has 1 saturated heterocycles. The lowest BCUT2D eigenvalue weighted by molar-refractivity contribution is -0.385. The van der Waals surface area contributed by atoms with Crippen molar-refractivity contribution in [2.75, 3.05) is 51.2 Å². The van der Waals surface area contributed by atoms with Gasteiger partial charge in [0.05, 0.1) is 9.95 Å². The van der Waals surface area contributed by atoms with E-state index in [2.05, 4.69) is 15.2 Å². The number of rotatable bonds is 5. The van der Waals surface area contributed by atoms with Gasteiger partial charge in [-0.2, -0.15) is 0 Å². The normalized spacial score (nSPS) is 16.1. The number of nitrogens with one attached hydrogen (secondary N) is 1. The van der Waals surface area contributed by atoms with Gasteiger partial charge in [-0.15, -0.1) is 0 Å². The van der Waals surface area contributed by atoms with Crippen LogP contribution in [0.3, 0.4) is 0 Å². The number of hydrogen-bond acceptors (Lipinski definition) is 6. The first-order valence-corrected chi connectivity index (χ1v) is 6.90. The Labute approximate surface area is 122 Å². The molecule has 1 fully saturated rings. The number of pyridine rings is 1. The van der Waals surface area contributed by atoms with Crippen molar-refractivity contribution in [3.05, 3.63) is 27.4 Å². The fourth-order valence-electron chi connectivity index (χ4n) is 2.13. The van der Waals surface area contributed by atoms with Gasteiger partial charge in [-0.05, 0) is 0 Å². The van der Waals surface area contributed by atoms with Crippen LogP contribution in [-0.2, 0) is 0 Å². The molecule has 0 saturated carbocycles. The highest BCUT2D eigenvalue weighted by atomic mass is 35.5. The van der Waals surface area contributed by atoms with Crippen LogP contribution in [-0.4, -0.2) is 61.1 Å². The zero-order valence-corrected chi connectivity index (χ0v) is 12.1. The molecule has 0 bridgehead atoms. The Hall–Kier alpha value is -1.44. The lowest BCUT2D eigenvalue weighted by Crippen LogP contribution is -2.46. The zero-order chi connectivity index (χ0) is 14.5. The van der Waals surface area contributed by atoms with E-state index in [4.69, 9.17) is 11.6 Å². The summed E-state index contributed by atoms with van der Waals surface area (Å²) in [5.41, 5.74) is -0.0887. The molecule has 0 unspecified atom stereocenters. The smallest absolute Gasteiger partial charge is 0.289 e. The third-order valence-corrected chi connectivity index (χ3v) is 3.62. The second-order valence-electron chi connectivity index (χ2n) is 4.77. The molecular formula is C12H18ClN5O2. The van der Waals surface area contributed by atoms with E-state index in [1.54, 1.807) is 0 Å². The lowest BCUT2D eigenvalue weighted by atomic mass is 10.3. The Morgan fingerprint density at radius 3 is 2.85 bits per heavy atom. The average Bonchev–Trinajstić information content (AvgIpc) is 2.45. The fourth-order valence-corrected chi connectivity index (χ4v) is 2.44. The topological polar surface area (TPSA) is 74.5 Å². The Balaban J connectivity index is 1.94. The molecule has 2 heterocycles. The molecule has 1 aromatic heterocycles. The van der Waals surface area contributed by atoms with Crippen LogP contribution >= 0.6 is 11.6 Å². The van der Waals surface area contributed by atoms with Crippen molar-refractivity contribution in [3.8, 4) is 0 Å². The van der Waals surface area contributed by atoms with E-state index in [0.29, 0.717) is 10.8 Å². The molecule has 1 N–H and O–H groups in total. The number of likely N-dealkylation sites (N-methyl/N-ethyl adjacent to an activating group) is 1. The molecule has 1 aromatic rings. The molecule has 20 heavy (non-hydrogen) atoms. The number of aromatic nitrogens is 1. The van der Waals surface area contributed by atoms with Gasteiger partial charge in [0.2, 0.25) is 0 Å². The maximum Gasteiger partial charge on any atom is 0.289 e. The second-order valence-corrected chi connectivity index (χ2v) is 5.18. The van der Waals surface area contributed by atoms with Gasteiger partial charge in [-0.3, -0.25) is 15.0 Å². The van der Waals surface area contributed by atoms with Crippen molar-refractivity contribution in [2.45, 2.75) is 0 Å². The molecule has 0 aliphatic carbocycles. The van der Waals surface area contributed by atoms with E-state index in [1.807, 2.05) is 11.9 Å². The predicted octanol–water partition coefficient (Wildman–Crippen LogP) is 0.985. The minimum Gasteiger partial charge on any atom is -0.357 e. The van der Waals surface area contributed by atoms with Gasteiger partial charge in [-0.25, -0.2) is 4.98 Å². The van der Waals surface area contributed by atoms with Gasteiger partial charge in [0, 0.05) is 52.4 Å². The number of halogens is 1. The van der Waals surface area contributed by atoms with Crippen LogP contribution in [0.25, 0.3) is 0 Å². The average molecular weight is 300 g/mol. The molecule has 0 aromatic carbocycles. The van der Waals surface area contributed by atoms with E-state index in [-0.39, 0.29) is 5.69 Å². The van der Waals surface area contributed by atoms with Crippen LogP contribution in [0.5, 0.6) is 0 Å². The summed E-state index contributed by atoms with van der Waals surface area (Å²) in [7, 11) is 1.89. The Morgan fingerprint density at radius 2 is 2.25 bits per heavy atom. The maximum atomic E-state index is 10.6. The van der Waals surface area contributed by atoms with E-state index < -0.39 is 4.92 Å². The summed E-state index contributed by atoms with van der Waals surface area (Å²) in [5.74, 6) is 0.576. The van der Waals surface area contributed by atoms with Crippen molar-refractivity contribution in [2.24, 2.45) is 0 Å². The molecule has 2 rings (SSSR count). The van der Waals surface area contributed by atoms with Crippen LogP contribution in [0.4, 0.5) is 11.5 Å². The van der Waals surface area contributed by atoms with E-state index in [0.717, 1.165) is 39.3 Å². The van der Waals surface area contributed by atoms with Gasteiger partial charge in [0.25, 0.3) is 5.69 Å². The van der Waals surface area contributed by atoms with Crippen molar-refractivity contribution in [3.63, 3.8) is 0 Å². The molecule has 0 atom stereocenters. The van der Waals surface area contributed by atoms with Crippen LogP contribution < -0.4 is 10.2 Å². The van der Waals surface area contributed by atoms with Gasteiger partial charge in [0.15, 0.2) is 0 Å². The highest BCUT2D eigenvalue weighted by Crippen LogP contribution is 2.26. The van der Waals surface area contributed by atoms with Crippen LogP contribution in [0.2, 0.25) is 5.02 Å². The molecular weight excluding hydrogens is 282 g/mol. The molecule has 1 aliphatic heterocycles. The highest BCUT2D eigenvalue weighted by Gasteiger charge is 2.15. The standard InChI is InChI=1S/C12H18ClN5O2/c1-16(6-7-17-4-2-14-3-5-17)12-11(13)8-10(9-15-12)18(19)20/h8-9,14H,2-7H2,1H3. The first kappa shape index (κ1) is 15.0. The molecule has 0 spiro atoms. The number of anilines is 1. The number of nitro groups is 1. The SMILES string of the molecule is CN(CCN1CCNCC1)c1ncc([N+](=O)[O-])cc1Cl. The minimum absolute atomic E-state index is 0.0887.